The molecule has 1 amide bonds. The molecule has 0 saturated carbocycles. The standard InChI is InChI=1S/C9H11ClN2O2/c1-14-6-2-3-8(7(10)4-6)12-9(13)5-11/h2-4H,5,11H2,1H3,(H,12,13). The Balaban J connectivity index is 2.83. The summed E-state index contributed by atoms with van der Waals surface area (Å²) in [6.07, 6.45) is 0. The van der Waals surface area contributed by atoms with Gasteiger partial charge in [-0.3, -0.25) is 4.79 Å². The van der Waals surface area contributed by atoms with Gasteiger partial charge in [0.1, 0.15) is 5.75 Å². The Hall–Kier alpha value is -1.26. The van der Waals surface area contributed by atoms with Gasteiger partial charge in [-0.1, -0.05) is 11.6 Å². The zero-order valence-electron chi connectivity index (χ0n) is 7.71. The van der Waals surface area contributed by atoms with E-state index >= 15 is 0 Å². The van der Waals surface area contributed by atoms with E-state index in [0.29, 0.717) is 16.5 Å². The van der Waals surface area contributed by atoms with Crippen LogP contribution in [0.4, 0.5) is 5.69 Å². The van der Waals surface area contributed by atoms with Crippen molar-refractivity contribution >= 4 is 23.2 Å². The van der Waals surface area contributed by atoms with Gasteiger partial charge in [-0.15, -0.1) is 0 Å². The number of rotatable bonds is 3. The minimum Gasteiger partial charge on any atom is -0.497 e. The number of ether oxygens (including phenoxy) is 1. The molecule has 1 aromatic carbocycles. The third-order valence-corrected chi connectivity index (χ3v) is 1.95. The number of nitrogens with two attached hydrogens (primary N) is 1. The molecule has 3 N–H and O–H groups in total. The molecule has 1 rings (SSSR count). The van der Waals surface area contributed by atoms with Crippen molar-refractivity contribution in [2.45, 2.75) is 0 Å². The van der Waals surface area contributed by atoms with Crippen LogP contribution in [-0.4, -0.2) is 19.6 Å². The summed E-state index contributed by atoms with van der Waals surface area (Å²) >= 11 is 5.87. The number of hydrogen-bond donors (Lipinski definition) is 2. The molecule has 0 unspecified atom stereocenters. The van der Waals surface area contributed by atoms with Crippen LogP contribution in [0.3, 0.4) is 0 Å². The van der Waals surface area contributed by atoms with Crippen molar-refractivity contribution in [1.82, 2.24) is 0 Å². The molecule has 14 heavy (non-hydrogen) atoms. The first kappa shape index (κ1) is 10.8. The SMILES string of the molecule is COc1ccc(NC(=O)CN)c(Cl)c1. The van der Waals surface area contributed by atoms with E-state index in [0.717, 1.165) is 0 Å². The second-order valence-corrected chi connectivity index (χ2v) is 3.01. The molecule has 0 bridgehead atoms. The van der Waals surface area contributed by atoms with Gasteiger partial charge >= 0.3 is 0 Å². The highest BCUT2D eigenvalue weighted by atomic mass is 35.5. The van der Waals surface area contributed by atoms with E-state index < -0.39 is 0 Å². The Bertz CT molecular complexity index is 342. The van der Waals surface area contributed by atoms with Crippen LogP contribution in [0, 0.1) is 0 Å². The van der Waals surface area contributed by atoms with Crippen LogP contribution in [0.5, 0.6) is 5.75 Å². The third kappa shape index (κ3) is 2.61. The van der Waals surface area contributed by atoms with E-state index in [4.69, 9.17) is 22.1 Å². The Morgan fingerprint density at radius 2 is 2.36 bits per heavy atom. The number of halogens is 1. The number of benzene rings is 1. The summed E-state index contributed by atoms with van der Waals surface area (Å²) in [5.74, 6) is 0.359. The molecule has 0 aliphatic carbocycles. The quantitative estimate of drug-likeness (QED) is 0.796. The minimum atomic E-state index is -0.280. The van der Waals surface area contributed by atoms with Crippen LogP contribution in [0.25, 0.3) is 0 Å². The summed E-state index contributed by atoms with van der Waals surface area (Å²) in [5, 5.41) is 2.98. The molecule has 0 saturated heterocycles. The summed E-state index contributed by atoms with van der Waals surface area (Å²) in [4.78, 5) is 11.0. The first-order chi connectivity index (χ1) is 6.67. The van der Waals surface area contributed by atoms with Crippen molar-refractivity contribution in [2.75, 3.05) is 19.0 Å². The highest BCUT2D eigenvalue weighted by Gasteiger charge is 2.04. The predicted octanol–water partition coefficient (Wildman–Crippen LogP) is 1.25. The van der Waals surface area contributed by atoms with Crippen molar-refractivity contribution in [3.05, 3.63) is 23.2 Å². The number of carbonyl (C=O) groups excluding carboxylic acids is 1. The lowest BCUT2D eigenvalue weighted by Gasteiger charge is -2.07. The number of amides is 1. The third-order valence-electron chi connectivity index (χ3n) is 1.64. The molecule has 0 fully saturated rings. The largest absolute Gasteiger partial charge is 0.497 e. The maximum absolute atomic E-state index is 11.0. The Labute approximate surface area is 87.0 Å². The molecule has 0 aliphatic heterocycles. The lowest BCUT2D eigenvalue weighted by atomic mass is 10.3. The van der Waals surface area contributed by atoms with E-state index in [1.807, 2.05) is 0 Å². The van der Waals surface area contributed by atoms with Gasteiger partial charge in [-0.25, -0.2) is 0 Å². The summed E-state index contributed by atoms with van der Waals surface area (Å²) in [6.45, 7) is -0.0671. The molecule has 0 radical (unpaired) electrons. The normalized spacial score (nSPS) is 9.64. The number of anilines is 1. The molecule has 0 aromatic heterocycles. The molecule has 0 aliphatic rings. The Morgan fingerprint density at radius 1 is 1.64 bits per heavy atom. The average Bonchev–Trinajstić information content (AvgIpc) is 2.20. The Morgan fingerprint density at radius 3 is 2.86 bits per heavy atom. The van der Waals surface area contributed by atoms with E-state index in [-0.39, 0.29) is 12.5 Å². The monoisotopic (exact) mass is 214 g/mol. The fourth-order valence-corrected chi connectivity index (χ4v) is 1.14. The van der Waals surface area contributed by atoms with Crippen molar-refractivity contribution in [3.63, 3.8) is 0 Å². The average molecular weight is 215 g/mol. The Kier molecular flexibility index (Phi) is 3.73. The topological polar surface area (TPSA) is 64.3 Å². The molecular weight excluding hydrogens is 204 g/mol. The summed E-state index contributed by atoms with van der Waals surface area (Å²) in [6, 6.07) is 4.99. The zero-order valence-corrected chi connectivity index (χ0v) is 8.47. The number of carbonyl (C=O) groups is 1. The number of hydrogen-bond acceptors (Lipinski definition) is 3. The molecular formula is C9H11ClN2O2. The van der Waals surface area contributed by atoms with Crippen LogP contribution in [-0.2, 0) is 4.79 Å². The molecule has 4 nitrogen and oxygen atoms in total. The predicted molar refractivity (Wildman–Crippen MR) is 55.7 cm³/mol. The van der Waals surface area contributed by atoms with Gasteiger partial charge in [0.05, 0.1) is 24.4 Å². The van der Waals surface area contributed by atoms with Crippen LogP contribution in [0.2, 0.25) is 5.02 Å². The smallest absolute Gasteiger partial charge is 0.238 e. The molecule has 0 heterocycles. The fourth-order valence-electron chi connectivity index (χ4n) is 0.925. The minimum absolute atomic E-state index is 0.0671. The van der Waals surface area contributed by atoms with Crippen molar-refractivity contribution in [2.24, 2.45) is 5.73 Å². The molecule has 0 atom stereocenters. The van der Waals surface area contributed by atoms with Gasteiger partial charge in [0.15, 0.2) is 0 Å². The van der Waals surface area contributed by atoms with Crippen molar-refractivity contribution in [1.29, 1.82) is 0 Å². The number of nitrogens with one attached hydrogen (secondary N) is 1. The zero-order chi connectivity index (χ0) is 10.6. The summed E-state index contributed by atoms with van der Waals surface area (Å²) in [5.41, 5.74) is 5.68. The summed E-state index contributed by atoms with van der Waals surface area (Å²) < 4.78 is 4.96. The van der Waals surface area contributed by atoms with Crippen LogP contribution >= 0.6 is 11.6 Å². The van der Waals surface area contributed by atoms with Crippen molar-refractivity contribution < 1.29 is 9.53 Å². The van der Waals surface area contributed by atoms with Gasteiger partial charge in [0.25, 0.3) is 0 Å². The van der Waals surface area contributed by atoms with Crippen LogP contribution < -0.4 is 15.8 Å². The summed E-state index contributed by atoms with van der Waals surface area (Å²) in [7, 11) is 1.55. The van der Waals surface area contributed by atoms with Gasteiger partial charge in [-0.05, 0) is 12.1 Å². The first-order valence-electron chi connectivity index (χ1n) is 4.01. The second kappa shape index (κ2) is 4.83. The number of methoxy groups -OCH3 is 1. The molecule has 0 spiro atoms. The highest BCUT2D eigenvalue weighted by Crippen LogP contribution is 2.26. The lowest BCUT2D eigenvalue weighted by molar-refractivity contribution is -0.114. The van der Waals surface area contributed by atoms with Gasteiger partial charge < -0.3 is 15.8 Å². The maximum atomic E-state index is 11.0. The van der Waals surface area contributed by atoms with E-state index in [2.05, 4.69) is 5.32 Å². The van der Waals surface area contributed by atoms with E-state index in [1.165, 1.54) is 0 Å². The molecule has 76 valence electrons. The van der Waals surface area contributed by atoms with E-state index in [1.54, 1.807) is 25.3 Å². The lowest BCUT2D eigenvalue weighted by Crippen LogP contribution is -2.21. The van der Waals surface area contributed by atoms with Gasteiger partial charge in [0.2, 0.25) is 5.91 Å². The van der Waals surface area contributed by atoms with Gasteiger partial charge in [0, 0.05) is 6.07 Å². The van der Waals surface area contributed by atoms with Gasteiger partial charge in [-0.2, -0.15) is 0 Å². The first-order valence-corrected chi connectivity index (χ1v) is 4.38. The van der Waals surface area contributed by atoms with Crippen molar-refractivity contribution in [3.8, 4) is 5.75 Å². The maximum Gasteiger partial charge on any atom is 0.238 e. The molecule has 1 aromatic rings. The molecule has 5 heteroatoms. The van der Waals surface area contributed by atoms with E-state index in [9.17, 15) is 4.79 Å². The van der Waals surface area contributed by atoms with Crippen LogP contribution in [0.15, 0.2) is 18.2 Å². The fraction of sp³-hybridized carbons (Fsp3) is 0.222. The second-order valence-electron chi connectivity index (χ2n) is 2.60. The highest BCUT2D eigenvalue weighted by molar-refractivity contribution is 6.33. The van der Waals surface area contributed by atoms with Crippen LogP contribution in [0.1, 0.15) is 0 Å².